The van der Waals surface area contributed by atoms with Gasteiger partial charge in [0.1, 0.15) is 6.07 Å². The van der Waals surface area contributed by atoms with E-state index < -0.39 is 0 Å². The van der Waals surface area contributed by atoms with Crippen molar-refractivity contribution >= 4 is 33.0 Å². The second-order valence-electron chi connectivity index (χ2n) is 4.00. The molecule has 0 atom stereocenters. The second-order valence-corrected chi connectivity index (χ2v) is 4.91. The fourth-order valence-corrected chi connectivity index (χ4v) is 2.13. The van der Waals surface area contributed by atoms with Crippen molar-refractivity contribution in [2.45, 2.75) is 6.92 Å². The number of benzene rings is 2. The Labute approximate surface area is 114 Å². The van der Waals surface area contributed by atoms with Crippen LogP contribution in [-0.2, 0) is 0 Å². The molecule has 18 heavy (non-hydrogen) atoms. The van der Waals surface area contributed by atoms with Crippen LogP contribution in [0.4, 0.5) is 17.1 Å². The minimum Gasteiger partial charge on any atom is -0.398 e. The van der Waals surface area contributed by atoms with E-state index in [-0.39, 0.29) is 0 Å². The van der Waals surface area contributed by atoms with Crippen LogP contribution in [0, 0.1) is 18.3 Å². The number of hydrogen-bond donors (Lipinski definition) is 2. The average Bonchev–Trinajstić information content (AvgIpc) is 2.35. The van der Waals surface area contributed by atoms with Crippen molar-refractivity contribution in [1.29, 1.82) is 5.26 Å². The maximum Gasteiger partial charge on any atom is 0.101 e. The average molecular weight is 302 g/mol. The van der Waals surface area contributed by atoms with Gasteiger partial charge in [-0.15, -0.1) is 0 Å². The lowest BCUT2D eigenvalue weighted by atomic mass is 10.1. The molecule has 0 bridgehead atoms. The Morgan fingerprint density at radius 3 is 2.67 bits per heavy atom. The van der Waals surface area contributed by atoms with Crippen molar-refractivity contribution in [2.24, 2.45) is 0 Å². The van der Waals surface area contributed by atoms with Gasteiger partial charge in [0.2, 0.25) is 0 Å². The molecule has 0 fully saturated rings. The molecule has 0 aliphatic heterocycles. The predicted octanol–water partition coefficient (Wildman–Crippen LogP) is 3.96. The fraction of sp³-hybridized carbons (Fsp3) is 0.0714. The molecule has 0 amide bonds. The summed E-state index contributed by atoms with van der Waals surface area (Å²) in [5, 5.41) is 12.2. The second kappa shape index (κ2) is 5.11. The zero-order chi connectivity index (χ0) is 13.1. The largest absolute Gasteiger partial charge is 0.398 e. The number of halogens is 1. The van der Waals surface area contributed by atoms with Crippen molar-refractivity contribution in [3.8, 4) is 6.07 Å². The maximum absolute atomic E-state index is 8.94. The quantitative estimate of drug-likeness (QED) is 0.826. The smallest absolute Gasteiger partial charge is 0.101 e. The third-order valence-corrected chi connectivity index (χ3v) is 3.13. The minimum atomic E-state index is 0.481. The van der Waals surface area contributed by atoms with Gasteiger partial charge in [-0.1, -0.05) is 15.9 Å². The Bertz CT molecular complexity index is 629. The van der Waals surface area contributed by atoms with Crippen molar-refractivity contribution in [3.05, 3.63) is 52.0 Å². The van der Waals surface area contributed by atoms with E-state index in [0.29, 0.717) is 11.3 Å². The number of nitrogens with zero attached hydrogens (tertiary/aromatic N) is 1. The van der Waals surface area contributed by atoms with Gasteiger partial charge >= 0.3 is 0 Å². The van der Waals surface area contributed by atoms with E-state index >= 15 is 0 Å². The predicted molar refractivity (Wildman–Crippen MR) is 77.7 cm³/mol. The molecule has 2 aromatic carbocycles. The van der Waals surface area contributed by atoms with Crippen LogP contribution in [-0.4, -0.2) is 0 Å². The lowest BCUT2D eigenvalue weighted by Crippen LogP contribution is -1.96. The van der Waals surface area contributed by atoms with E-state index in [1.54, 1.807) is 12.1 Å². The van der Waals surface area contributed by atoms with Crippen LogP contribution in [0.2, 0.25) is 0 Å². The summed E-state index contributed by atoms with van der Waals surface area (Å²) in [6.07, 6.45) is 0. The van der Waals surface area contributed by atoms with Crippen LogP contribution in [0.3, 0.4) is 0 Å². The normalized spacial score (nSPS) is 9.83. The van der Waals surface area contributed by atoms with Gasteiger partial charge in [-0.3, -0.25) is 0 Å². The summed E-state index contributed by atoms with van der Waals surface area (Å²) in [5.41, 5.74) is 9.65. The van der Waals surface area contributed by atoms with Crippen molar-refractivity contribution in [1.82, 2.24) is 0 Å². The first-order valence-electron chi connectivity index (χ1n) is 5.43. The van der Waals surface area contributed by atoms with Crippen molar-refractivity contribution in [2.75, 3.05) is 11.1 Å². The van der Waals surface area contributed by atoms with Gasteiger partial charge in [-0.2, -0.15) is 5.26 Å². The number of anilines is 3. The number of rotatable bonds is 2. The van der Waals surface area contributed by atoms with E-state index in [0.717, 1.165) is 21.4 Å². The number of nitriles is 1. The van der Waals surface area contributed by atoms with E-state index in [1.807, 2.05) is 31.2 Å². The molecule has 0 heterocycles. The highest BCUT2D eigenvalue weighted by atomic mass is 79.9. The monoisotopic (exact) mass is 301 g/mol. The standard InChI is InChI=1S/C14H12BrN3/c1-9-6-11(15)2-5-14(9)18-12-3-4-13(17)10(7-12)8-16/h2-7,18H,17H2,1H3. The SMILES string of the molecule is Cc1cc(Br)ccc1Nc1ccc(N)c(C#N)c1. The van der Waals surface area contributed by atoms with Gasteiger partial charge in [-0.25, -0.2) is 0 Å². The van der Waals surface area contributed by atoms with E-state index in [4.69, 9.17) is 11.0 Å². The molecule has 0 saturated carbocycles. The Kier molecular flexibility index (Phi) is 3.54. The van der Waals surface area contributed by atoms with E-state index in [9.17, 15) is 0 Å². The minimum absolute atomic E-state index is 0.481. The summed E-state index contributed by atoms with van der Waals surface area (Å²) in [6.45, 7) is 2.02. The highest BCUT2D eigenvalue weighted by Crippen LogP contribution is 2.25. The van der Waals surface area contributed by atoms with Gasteiger partial charge in [0.15, 0.2) is 0 Å². The Morgan fingerprint density at radius 2 is 2.00 bits per heavy atom. The molecule has 0 radical (unpaired) electrons. The fourth-order valence-electron chi connectivity index (χ4n) is 1.65. The van der Waals surface area contributed by atoms with Gasteiger partial charge in [-0.05, 0) is 48.9 Å². The summed E-state index contributed by atoms with van der Waals surface area (Å²) in [4.78, 5) is 0. The van der Waals surface area contributed by atoms with Gasteiger partial charge in [0.25, 0.3) is 0 Å². The Morgan fingerprint density at radius 1 is 1.22 bits per heavy atom. The zero-order valence-corrected chi connectivity index (χ0v) is 11.5. The van der Waals surface area contributed by atoms with Gasteiger partial charge < -0.3 is 11.1 Å². The molecule has 4 heteroatoms. The topological polar surface area (TPSA) is 61.8 Å². The number of nitrogens with one attached hydrogen (secondary N) is 1. The van der Waals surface area contributed by atoms with Crippen LogP contribution in [0.1, 0.15) is 11.1 Å². The summed E-state index contributed by atoms with van der Waals surface area (Å²) in [6, 6.07) is 13.4. The van der Waals surface area contributed by atoms with E-state index in [1.165, 1.54) is 0 Å². The highest BCUT2D eigenvalue weighted by Gasteiger charge is 2.03. The molecule has 3 N–H and O–H groups in total. The van der Waals surface area contributed by atoms with Crippen LogP contribution < -0.4 is 11.1 Å². The molecule has 2 rings (SSSR count). The lowest BCUT2D eigenvalue weighted by molar-refractivity contribution is 1.41. The highest BCUT2D eigenvalue weighted by molar-refractivity contribution is 9.10. The molecule has 0 unspecified atom stereocenters. The molecule has 0 spiro atoms. The molecule has 0 aliphatic carbocycles. The first kappa shape index (κ1) is 12.5. The number of hydrogen-bond acceptors (Lipinski definition) is 3. The third-order valence-electron chi connectivity index (χ3n) is 2.64. The van der Waals surface area contributed by atoms with Crippen LogP contribution in [0.5, 0.6) is 0 Å². The molecular weight excluding hydrogens is 290 g/mol. The molecule has 3 nitrogen and oxygen atoms in total. The van der Waals surface area contributed by atoms with Crippen molar-refractivity contribution in [3.63, 3.8) is 0 Å². The van der Waals surface area contributed by atoms with Crippen LogP contribution >= 0.6 is 15.9 Å². The first-order chi connectivity index (χ1) is 8.60. The molecule has 0 aliphatic rings. The molecule has 90 valence electrons. The molecular formula is C14H12BrN3. The van der Waals surface area contributed by atoms with Gasteiger partial charge in [0, 0.05) is 21.5 Å². The third kappa shape index (κ3) is 2.63. The van der Waals surface area contributed by atoms with Crippen molar-refractivity contribution < 1.29 is 0 Å². The summed E-state index contributed by atoms with van der Waals surface area (Å²) in [7, 11) is 0. The number of aryl methyl sites for hydroxylation is 1. The number of nitrogens with two attached hydrogens (primary N) is 1. The Balaban J connectivity index is 2.32. The zero-order valence-electron chi connectivity index (χ0n) is 9.87. The first-order valence-corrected chi connectivity index (χ1v) is 6.22. The molecule has 0 aromatic heterocycles. The summed E-state index contributed by atoms with van der Waals surface area (Å²) in [5.74, 6) is 0. The van der Waals surface area contributed by atoms with Gasteiger partial charge in [0.05, 0.1) is 5.56 Å². The maximum atomic E-state index is 8.94. The molecule has 0 saturated heterocycles. The summed E-state index contributed by atoms with van der Waals surface area (Å²) >= 11 is 3.43. The van der Waals surface area contributed by atoms with Crippen LogP contribution in [0.15, 0.2) is 40.9 Å². The Hall–Kier alpha value is -1.99. The van der Waals surface area contributed by atoms with E-state index in [2.05, 4.69) is 27.3 Å². The van der Waals surface area contributed by atoms with Crippen LogP contribution in [0.25, 0.3) is 0 Å². The molecule has 2 aromatic rings. The summed E-state index contributed by atoms with van der Waals surface area (Å²) < 4.78 is 1.04. The lowest BCUT2D eigenvalue weighted by Gasteiger charge is -2.10. The number of nitrogen functional groups attached to an aromatic ring is 1.